The van der Waals surface area contributed by atoms with Crippen LogP contribution in [0.4, 0.5) is 0 Å². The molecule has 0 aromatic heterocycles. The molecule has 22 heteroatoms. The molecule has 0 amide bonds. The summed E-state index contributed by atoms with van der Waals surface area (Å²) in [6.45, 7) is 27.9. The molecule has 0 spiro atoms. The Labute approximate surface area is 488 Å². The van der Waals surface area contributed by atoms with Gasteiger partial charge in [0.2, 0.25) is 0 Å². The highest BCUT2D eigenvalue weighted by molar-refractivity contribution is 5.70. The molecule has 2 aliphatic heterocycles. The fourth-order valence-electron chi connectivity index (χ4n) is 16.2. The molecule has 0 N–H and O–H groups in total. The lowest BCUT2D eigenvalue weighted by Crippen LogP contribution is -2.68. The Morgan fingerprint density at radius 2 is 0.952 bits per heavy atom. The number of hydrogen-bond donors (Lipinski definition) is 0. The van der Waals surface area contributed by atoms with Crippen LogP contribution >= 0.6 is 0 Å². The van der Waals surface area contributed by atoms with Gasteiger partial charge in [-0.2, -0.15) is 0 Å². The number of rotatable bonds is 20. The molecule has 22 nitrogen and oxygen atoms in total. The third-order valence-electron chi connectivity index (χ3n) is 19.6. The van der Waals surface area contributed by atoms with Crippen LogP contribution in [0.5, 0.6) is 0 Å². The highest BCUT2D eigenvalue weighted by atomic mass is 16.8. The highest BCUT2D eigenvalue weighted by Crippen LogP contribution is 2.77. The Balaban J connectivity index is 1.35. The molecular formula is C61H92O22. The molecule has 4 saturated carbocycles. The van der Waals surface area contributed by atoms with Crippen LogP contribution in [0.15, 0.2) is 11.6 Å². The Hall–Kier alpha value is -5.19. The van der Waals surface area contributed by atoms with E-state index >= 15 is 0 Å². The summed E-state index contributed by atoms with van der Waals surface area (Å²) in [5.74, 6) is -6.29. The Morgan fingerprint density at radius 3 is 1.42 bits per heavy atom. The largest absolute Gasteiger partial charge is 0.463 e. The number of hydrogen-bond acceptors (Lipinski definition) is 22. The Morgan fingerprint density at radius 1 is 0.506 bits per heavy atom. The second-order valence-corrected chi connectivity index (χ2v) is 25.9. The van der Waals surface area contributed by atoms with Crippen molar-refractivity contribution in [3.63, 3.8) is 0 Å². The van der Waals surface area contributed by atoms with Gasteiger partial charge < -0.3 is 61.6 Å². The molecule has 6 fully saturated rings. The summed E-state index contributed by atoms with van der Waals surface area (Å²) in [7, 11) is 0. The van der Waals surface area contributed by atoms with Gasteiger partial charge in [0.05, 0.1) is 12.7 Å². The van der Waals surface area contributed by atoms with Crippen molar-refractivity contribution in [1.29, 1.82) is 0 Å². The molecule has 6 aliphatic rings. The van der Waals surface area contributed by atoms with Gasteiger partial charge in [0, 0.05) is 68.2 Å². The maximum atomic E-state index is 13.5. The summed E-state index contributed by atoms with van der Waals surface area (Å²) in [5.41, 5.74) is -1.10. The number of carbonyl (C=O) groups excluding carboxylic acids is 9. The summed E-state index contributed by atoms with van der Waals surface area (Å²) < 4.78 is 78.5. The second kappa shape index (κ2) is 26.6. The first-order valence-electron chi connectivity index (χ1n) is 29.3. The lowest BCUT2D eigenvalue weighted by Gasteiger charge is -2.71. The zero-order valence-electron chi connectivity index (χ0n) is 51.8. The van der Waals surface area contributed by atoms with Crippen molar-refractivity contribution in [3.05, 3.63) is 11.6 Å². The number of esters is 9. The van der Waals surface area contributed by atoms with Gasteiger partial charge >= 0.3 is 53.7 Å². The van der Waals surface area contributed by atoms with Gasteiger partial charge in [0.1, 0.15) is 31.5 Å². The Kier molecular flexibility index (Phi) is 21.5. The molecule has 2 saturated heterocycles. The average molecular weight is 1180 g/mol. The van der Waals surface area contributed by atoms with E-state index in [0.29, 0.717) is 32.1 Å². The molecule has 20 unspecified atom stereocenters. The minimum Gasteiger partial charge on any atom is -0.463 e. The predicted molar refractivity (Wildman–Crippen MR) is 291 cm³/mol. The van der Waals surface area contributed by atoms with Gasteiger partial charge in [0.25, 0.3) is 0 Å². The average Bonchev–Trinajstić information content (AvgIpc) is 1.70. The van der Waals surface area contributed by atoms with E-state index in [1.807, 2.05) is 13.8 Å². The monoisotopic (exact) mass is 1180 g/mol. The van der Waals surface area contributed by atoms with Crippen molar-refractivity contribution < 1.29 is 105 Å². The van der Waals surface area contributed by atoms with E-state index in [1.165, 1.54) is 55.4 Å². The van der Waals surface area contributed by atoms with Crippen LogP contribution in [0.1, 0.15) is 175 Å². The smallest absolute Gasteiger partial charge is 0.303 e. The third kappa shape index (κ3) is 14.7. The van der Waals surface area contributed by atoms with Gasteiger partial charge in [-0.15, -0.1) is 0 Å². The maximum absolute atomic E-state index is 13.5. The van der Waals surface area contributed by atoms with Gasteiger partial charge in [-0.1, -0.05) is 53.2 Å². The van der Waals surface area contributed by atoms with Crippen molar-refractivity contribution in [2.45, 2.75) is 249 Å². The minimum atomic E-state index is -1.42. The van der Waals surface area contributed by atoms with Crippen LogP contribution in [0.3, 0.4) is 0 Å². The number of fused-ring (bicyclic) bond motifs is 5. The zero-order chi connectivity index (χ0) is 61.9. The SMILES string of the molecule is CC(=O)OCC1OC(OCC(C)(CCC=C(C)C)C2CCC3(C)C2C(OC(C)=O)CC2C4(C)CCC(OC5OC(COC(C)=O)C(OC(C)=O)C(OC(C)=O)C5OC(C)=O)C(C)(C)C4CCC23C)C(OC(C)=O)C(OC(C)=O)C1OC(C)=O. The highest BCUT2D eigenvalue weighted by Gasteiger charge is 2.72. The predicted octanol–water partition coefficient (Wildman–Crippen LogP) is 7.53. The molecule has 0 radical (unpaired) electrons. The standard InChI is InChI=1S/C61H92O22/c1-31(2)19-18-23-58(14,30-73-55-53(79-39(10)69)51(77-37(8)67)49(75-35(6)65)43(81-55)28-71-32(3)62)41-20-25-61(17)48(41)42(74-34(5)64)27-46-59(15)24-22-47(57(12,13)45(59)21-26-60(46,61)16)83-56-54(80-40(11)70)52(78-38(9)68)50(76-36(7)66)44(82-56)29-72-33(4)63/h19,41-56H,18,20-30H2,1-17H3. The molecule has 4 aliphatic carbocycles. The molecule has 0 aromatic carbocycles. The van der Waals surface area contributed by atoms with Crippen molar-refractivity contribution in [1.82, 2.24) is 0 Å². The van der Waals surface area contributed by atoms with E-state index in [-0.39, 0.29) is 53.1 Å². The molecule has 20 atom stereocenters. The topological polar surface area (TPSA) is 274 Å². The van der Waals surface area contributed by atoms with E-state index in [1.54, 1.807) is 0 Å². The van der Waals surface area contributed by atoms with Crippen LogP contribution in [-0.2, 0) is 105 Å². The molecule has 83 heavy (non-hydrogen) atoms. The number of ether oxygens (including phenoxy) is 13. The van der Waals surface area contributed by atoms with Crippen LogP contribution in [-0.4, -0.2) is 147 Å². The van der Waals surface area contributed by atoms with Crippen molar-refractivity contribution >= 4 is 53.7 Å². The third-order valence-corrected chi connectivity index (χ3v) is 19.6. The van der Waals surface area contributed by atoms with Crippen LogP contribution in [0.25, 0.3) is 0 Å². The molecule has 2 heterocycles. The van der Waals surface area contributed by atoms with Crippen molar-refractivity contribution in [2.75, 3.05) is 19.8 Å². The van der Waals surface area contributed by atoms with Crippen LogP contribution in [0, 0.1) is 50.7 Å². The normalized spacial score (nSPS) is 37.7. The van der Waals surface area contributed by atoms with E-state index in [9.17, 15) is 43.2 Å². The van der Waals surface area contributed by atoms with E-state index in [4.69, 9.17) is 61.6 Å². The summed E-state index contributed by atoms with van der Waals surface area (Å²) in [5, 5.41) is 0. The molecule has 6 rings (SSSR count). The van der Waals surface area contributed by atoms with Crippen LogP contribution < -0.4 is 0 Å². The fourth-order valence-corrected chi connectivity index (χ4v) is 16.2. The second-order valence-electron chi connectivity index (χ2n) is 25.9. The summed E-state index contributed by atoms with van der Waals surface area (Å²) in [6.07, 6.45) is -5.96. The minimum absolute atomic E-state index is 0.0381. The summed E-state index contributed by atoms with van der Waals surface area (Å²) in [6, 6.07) is 0. The Bertz CT molecular complexity index is 2450. The lowest BCUT2D eigenvalue weighted by atomic mass is 9.35. The number of carbonyl (C=O) groups is 9. The molecule has 468 valence electrons. The van der Waals surface area contributed by atoms with Gasteiger partial charge in [-0.05, 0) is 116 Å². The molecular weight excluding hydrogens is 1080 g/mol. The summed E-state index contributed by atoms with van der Waals surface area (Å²) >= 11 is 0. The number of allylic oxidation sites excluding steroid dienone is 2. The quantitative estimate of drug-likeness (QED) is 0.0493. The first-order valence-corrected chi connectivity index (χ1v) is 29.3. The van der Waals surface area contributed by atoms with Crippen molar-refractivity contribution in [3.8, 4) is 0 Å². The molecule has 0 aromatic rings. The zero-order valence-corrected chi connectivity index (χ0v) is 51.8. The van der Waals surface area contributed by atoms with Gasteiger partial charge in [-0.3, -0.25) is 43.2 Å². The van der Waals surface area contributed by atoms with E-state index in [2.05, 4.69) is 47.6 Å². The molecule has 0 bridgehead atoms. The first kappa shape index (κ1) is 66.9. The van der Waals surface area contributed by atoms with Crippen LogP contribution in [0.2, 0.25) is 0 Å². The van der Waals surface area contributed by atoms with Crippen molar-refractivity contribution in [2.24, 2.45) is 50.7 Å². The van der Waals surface area contributed by atoms with E-state index < -0.39 is 145 Å². The first-order chi connectivity index (χ1) is 38.6. The van der Waals surface area contributed by atoms with Gasteiger partial charge in [-0.25, -0.2) is 0 Å². The summed E-state index contributed by atoms with van der Waals surface area (Å²) in [4.78, 5) is 114. The lowest BCUT2D eigenvalue weighted by molar-refractivity contribution is -0.335. The fraction of sp³-hybridized carbons (Fsp3) is 0.820. The maximum Gasteiger partial charge on any atom is 0.303 e. The van der Waals surface area contributed by atoms with E-state index in [0.717, 1.165) is 38.2 Å². The van der Waals surface area contributed by atoms with Gasteiger partial charge in [0.15, 0.2) is 49.2 Å².